The summed E-state index contributed by atoms with van der Waals surface area (Å²) in [5, 5.41) is 19.9. The summed E-state index contributed by atoms with van der Waals surface area (Å²) in [6.07, 6.45) is 0. The number of esters is 1. The molecule has 0 aliphatic carbocycles. The van der Waals surface area contributed by atoms with Gasteiger partial charge in [-0.1, -0.05) is 18.2 Å². The first kappa shape index (κ1) is 19.9. The van der Waals surface area contributed by atoms with Crippen molar-refractivity contribution in [2.45, 2.75) is 19.4 Å². The second kappa shape index (κ2) is 7.02. The molecule has 0 radical (unpaired) electrons. The lowest BCUT2D eigenvalue weighted by molar-refractivity contribution is 0.0224. The summed E-state index contributed by atoms with van der Waals surface area (Å²) in [6, 6.07) is 15.3. The normalized spacial score (nSPS) is 17.8. The van der Waals surface area contributed by atoms with Gasteiger partial charge in [0.1, 0.15) is 22.8 Å². The SMILES string of the molecule is CCN(CC)c1ccc2c(c1)Oc1cc(O)c(C(=O)O)cc1[C@]21OC(=O)c2ccccc21. The summed E-state index contributed by atoms with van der Waals surface area (Å²) in [4.78, 5) is 26.8. The van der Waals surface area contributed by atoms with Crippen LogP contribution in [-0.4, -0.2) is 35.2 Å². The van der Waals surface area contributed by atoms with Gasteiger partial charge in [-0.15, -0.1) is 0 Å². The lowest BCUT2D eigenvalue weighted by atomic mass is 9.77. The fourth-order valence-electron chi connectivity index (χ4n) is 4.65. The molecular weight excluding hydrogens is 410 g/mol. The molecule has 2 aliphatic heterocycles. The maximum Gasteiger partial charge on any atom is 0.340 e. The third-order valence-corrected chi connectivity index (χ3v) is 6.17. The number of hydrogen-bond donors (Lipinski definition) is 2. The van der Waals surface area contributed by atoms with Gasteiger partial charge in [0.2, 0.25) is 0 Å². The molecule has 0 unspecified atom stereocenters. The monoisotopic (exact) mass is 431 g/mol. The second-order valence-corrected chi connectivity index (χ2v) is 7.74. The molecular formula is C25H21NO6. The van der Waals surface area contributed by atoms with Crippen molar-refractivity contribution >= 4 is 17.6 Å². The number of carbonyl (C=O) groups excluding carboxylic acids is 1. The molecule has 3 aromatic carbocycles. The number of carboxylic acids is 1. The van der Waals surface area contributed by atoms with Crippen molar-refractivity contribution < 1.29 is 29.3 Å². The van der Waals surface area contributed by atoms with Crippen LogP contribution in [0.15, 0.2) is 54.6 Å². The number of fused-ring (bicyclic) bond motifs is 6. The molecule has 7 heteroatoms. The van der Waals surface area contributed by atoms with Crippen LogP contribution in [0.5, 0.6) is 17.2 Å². The zero-order chi connectivity index (χ0) is 22.6. The number of hydrogen-bond acceptors (Lipinski definition) is 6. The molecule has 0 saturated carbocycles. The van der Waals surface area contributed by atoms with Gasteiger partial charge in [-0.05, 0) is 38.1 Å². The van der Waals surface area contributed by atoms with E-state index in [9.17, 15) is 19.8 Å². The smallest absolute Gasteiger partial charge is 0.340 e. The minimum absolute atomic E-state index is 0.237. The molecule has 1 atom stereocenters. The molecule has 2 N–H and O–H groups in total. The lowest BCUT2D eigenvalue weighted by Gasteiger charge is -2.37. The van der Waals surface area contributed by atoms with E-state index in [0.717, 1.165) is 18.8 Å². The summed E-state index contributed by atoms with van der Waals surface area (Å²) < 4.78 is 12.2. The van der Waals surface area contributed by atoms with Crippen LogP contribution in [-0.2, 0) is 10.3 Å². The fourth-order valence-corrected chi connectivity index (χ4v) is 4.65. The molecule has 1 spiro atoms. The standard InChI is InChI=1S/C25H21NO6/c1-3-26(4-2)14-9-10-18-21(11-14)31-22-13-20(27)16(23(28)29)12-19(22)25(18)17-8-6-5-7-15(17)24(30)32-25/h5-13,27H,3-4H2,1-2H3,(H,28,29)/t25-/m1/s1. The predicted octanol–water partition coefficient (Wildman–Crippen LogP) is 4.50. The number of carbonyl (C=O) groups is 2. The van der Waals surface area contributed by atoms with Gasteiger partial charge in [-0.2, -0.15) is 0 Å². The van der Waals surface area contributed by atoms with Gasteiger partial charge in [0, 0.05) is 47.6 Å². The Bertz CT molecular complexity index is 1280. The summed E-state index contributed by atoms with van der Waals surface area (Å²) in [6.45, 7) is 5.72. The highest BCUT2D eigenvalue weighted by Gasteiger charge is 2.54. The molecule has 2 heterocycles. The number of nitrogens with zero attached hydrogens (tertiary/aromatic N) is 1. The summed E-state index contributed by atoms with van der Waals surface area (Å²) >= 11 is 0. The van der Waals surface area contributed by atoms with Crippen molar-refractivity contribution in [3.8, 4) is 17.2 Å². The first-order valence-corrected chi connectivity index (χ1v) is 10.4. The Kier molecular flexibility index (Phi) is 4.37. The Hall–Kier alpha value is -4.00. The third kappa shape index (κ3) is 2.60. The van der Waals surface area contributed by atoms with Crippen molar-refractivity contribution in [1.82, 2.24) is 0 Å². The first-order valence-electron chi connectivity index (χ1n) is 10.4. The zero-order valence-corrected chi connectivity index (χ0v) is 17.6. The van der Waals surface area contributed by atoms with Crippen LogP contribution < -0.4 is 9.64 Å². The Morgan fingerprint density at radius 2 is 1.69 bits per heavy atom. The second-order valence-electron chi connectivity index (χ2n) is 7.74. The first-order chi connectivity index (χ1) is 15.4. The van der Waals surface area contributed by atoms with E-state index in [1.807, 2.05) is 18.2 Å². The molecule has 2 aliphatic rings. The Labute approximate surface area is 184 Å². The quantitative estimate of drug-likeness (QED) is 0.587. The minimum Gasteiger partial charge on any atom is -0.507 e. The number of rotatable bonds is 4. The van der Waals surface area contributed by atoms with E-state index in [-0.39, 0.29) is 11.3 Å². The van der Waals surface area contributed by atoms with Crippen LogP contribution in [0.2, 0.25) is 0 Å². The number of aromatic carboxylic acids is 1. The number of carboxylic acid groups (broad SMARTS) is 1. The number of ether oxygens (including phenoxy) is 2. The topological polar surface area (TPSA) is 96.3 Å². The highest BCUT2D eigenvalue weighted by molar-refractivity contribution is 5.98. The van der Waals surface area contributed by atoms with E-state index in [0.29, 0.717) is 28.0 Å². The minimum atomic E-state index is -1.38. The van der Waals surface area contributed by atoms with Crippen molar-refractivity contribution in [3.05, 3.63) is 82.4 Å². The van der Waals surface area contributed by atoms with Crippen molar-refractivity contribution in [2.75, 3.05) is 18.0 Å². The van der Waals surface area contributed by atoms with Gasteiger partial charge >= 0.3 is 11.9 Å². The average molecular weight is 431 g/mol. The van der Waals surface area contributed by atoms with E-state index in [1.165, 1.54) is 12.1 Å². The van der Waals surface area contributed by atoms with Crippen molar-refractivity contribution in [3.63, 3.8) is 0 Å². The molecule has 0 aromatic heterocycles. The Morgan fingerprint density at radius 1 is 0.969 bits per heavy atom. The van der Waals surface area contributed by atoms with Gasteiger partial charge in [-0.3, -0.25) is 0 Å². The maximum absolute atomic E-state index is 12.9. The number of anilines is 1. The van der Waals surface area contributed by atoms with Gasteiger partial charge in [0.05, 0.1) is 5.56 Å². The van der Waals surface area contributed by atoms with E-state index in [1.54, 1.807) is 24.3 Å². The number of phenols is 1. The summed E-state index contributed by atoms with van der Waals surface area (Å²) in [5.41, 5.74) is 1.23. The third-order valence-electron chi connectivity index (χ3n) is 6.17. The van der Waals surface area contributed by atoms with Crippen LogP contribution >= 0.6 is 0 Å². The predicted molar refractivity (Wildman–Crippen MR) is 117 cm³/mol. The average Bonchev–Trinajstić information content (AvgIpc) is 3.07. The Morgan fingerprint density at radius 3 is 2.41 bits per heavy atom. The Balaban J connectivity index is 1.83. The molecule has 3 aromatic rings. The molecule has 5 rings (SSSR count). The van der Waals surface area contributed by atoms with E-state index in [4.69, 9.17) is 9.47 Å². The van der Waals surface area contributed by atoms with Crippen LogP contribution in [0.3, 0.4) is 0 Å². The largest absolute Gasteiger partial charge is 0.507 e. The van der Waals surface area contributed by atoms with Gasteiger partial charge in [0.25, 0.3) is 0 Å². The van der Waals surface area contributed by atoms with Gasteiger partial charge < -0.3 is 24.6 Å². The van der Waals surface area contributed by atoms with E-state index in [2.05, 4.69) is 18.7 Å². The highest BCUT2D eigenvalue weighted by Crippen LogP contribution is 2.57. The molecule has 0 fully saturated rings. The molecule has 162 valence electrons. The number of benzene rings is 3. The van der Waals surface area contributed by atoms with Crippen LogP contribution in [0.1, 0.15) is 51.3 Å². The fraction of sp³-hybridized carbons (Fsp3) is 0.200. The van der Waals surface area contributed by atoms with Crippen LogP contribution in [0, 0.1) is 0 Å². The number of aromatic hydroxyl groups is 1. The van der Waals surface area contributed by atoms with E-state index < -0.39 is 23.3 Å². The maximum atomic E-state index is 12.9. The summed E-state index contributed by atoms with van der Waals surface area (Å²) in [5.74, 6) is -1.50. The molecule has 7 nitrogen and oxygen atoms in total. The van der Waals surface area contributed by atoms with Crippen molar-refractivity contribution in [2.24, 2.45) is 0 Å². The molecule has 32 heavy (non-hydrogen) atoms. The highest BCUT2D eigenvalue weighted by atomic mass is 16.6. The van der Waals surface area contributed by atoms with Crippen LogP contribution in [0.4, 0.5) is 5.69 Å². The van der Waals surface area contributed by atoms with Gasteiger partial charge in [0.15, 0.2) is 5.60 Å². The molecule has 0 saturated heterocycles. The van der Waals surface area contributed by atoms with E-state index >= 15 is 0 Å². The summed E-state index contributed by atoms with van der Waals surface area (Å²) in [7, 11) is 0. The van der Waals surface area contributed by atoms with Crippen molar-refractivity contribution in [1.29, 1.82) is 0 Å². The molecule has 0 bridgehead atoms. The lowest BCUT2D eigenvalue weighted by Crippen LogP contribution is -2.33. The molecule has 0 amide bonds. The van der Waals surface area contributed by atoms with Gasteiger partial charge in [-0.25, -0.2) is 9.59 Å². The van der Waals surface area contributed by atoms with Crippen LogP contribution in [0.25, 0.3) is 0 Å². The zero-order valence-electron chi connectivity index (χ0n) is 17.6.